The van der Waals surface area contributed by atoms with Crippen LogP contribution in [-0.2, 0) is 51.7 Å². The van der Waals surface area contributed by atoms with E-state index in [4.69, 9.17) is 19.7 Å². The first-order valence-electron chi connectivity index (χ1n) is 23.9. The number of benzene rings is 2. The van der Waals surface area contributed by atoms with Crippen molar-refractivity contribution in [3.63, 3.8) is 0 Å². The predicted molar refractivity (Wildman–Crippen MR) is 272 cm³/mol. The van der Waals surface area contributed by atoms with Gasteiger partial charge >= 0.3 is 5.97 Å². The van der Waals surface area contributed by atoms with Crippen LogP contribution in [0.4, 0.5) is 11.8 Å². The van der Waals surface area contributed by atoms with Gasteiger partial charge in [-0.25, -0.2) is 23.9 Å². The highest BCUT2D eigenvalue weighted by molar-refractivity contribution is 7.89. The lowest BCUT2D eigenvalue weighted by atomic mass is 10.1. The minimum atomic E-state index is -4.34. The van der Waals surface area contributed by atoms with Gasteiger partial charge in [0.15, 0.2) is 11.8 Å². The number of sulfonamides is 1. The zero-order valence-corrected chi connectivity index (χ0v) is 42.4. The summed E-state index contributed by atoms with van der Waals surface area (Å²) >= 11 is 0. The van der Waals surface area contributed by atoms with Crippen molar-refractivity contribution in [3.05, 3.63) is 111 Å². The number of aromatic nitrogens is 4. The highest BCUT2D eigenvalue weighted by Gasteiger charge is 2.29. The van der Waals surface area contributed by atoms with E-state index in [-0.39, 0.29) is 65.3 Å². The van der Waals surface area contributed by atoms with Gasteiger partial charge in [-0.3, -0.25) is 28.8 Å². The molecule has 1 atom stereocenters. The Bertz CT molecular complexity index is 2860. The number of H-pyrrole nitrogens is 1. The fraction of sp³-hybridized carbons (Fsp3) is 0.429. The first-order valence-corrected chi connectivity index (χ1v) is 25.4. The van der Waals surface area contributed by atoms with Crippen LogP contribution in [0.1, 0.15) is 75.1 Å². The monoisotopic (exact) mass is 1040 g/mol. The molecule has 0 fully saturated rings. The summed E-state index contributed by atoms with van der Waals surface area (Å²) in [6.07, 6.45) is 7.43. The molecule has 3 aromatic heterocycles. The van der Waals surface area contributed by atoms with Crippen molar-refractivity contribution in [2.75, 3.05) is 71.1 Å². The van der Waals surface area contributed by atoms with Crippen LogP contribution in [0.15, 0.2) is 82.1 Å². The molecule has 398 valence electrons. The Kier molecular flexibility index (Phi) is 22.7. The summed E-state index contributed by atoms with van der Waals surface area (Å²) in [5.74, 6) is -2.59. The van der Waals surface area contributed by atoms with Crippen LogP contribution in [0.5, 0.6) is 0 Å². The van der Waals surface area contributed by atoms with E-state index in [0.29, 0.717) is 107 Å². The molecule has 2 aromatic carbocycles. The lowest BCUT2D eigenvalue weighted by molar-refractivity contribution is -0.138. The van der Waals surface area contributed by atoms with Crippen LogP contribution >= 0.6 is 0 Å². The van der Waals surface area contributed by atoms with Crippen molar-refractivity contribution in [2.24, 2.45) is 5.11 Å². The molecular weight excluding hydrogens is 981 g/mol. The van der Waals surface area contributed by atoms with Crippen LogP contribution < -0.4 is 36.7 Å². The molecule has 0 saturated heterocycles. The maximum absolute atomic E-state index is 13.8. The second-order valence-corrected chi connectivity index (χ2v) is 18.7. The molecule has 0 aliphatic heterocycles. The third-order valence-electron chi connectivity index (χ3n) is 11.2. The van der Waals surface area contributed by atoms with Gasteiger partial charge in [0.25, 0.3) is 11.8 Å². The topological polar surface area (TPSA) is 339 Å². The number of nitrogens with one attached hydrogen (secondary N) is 8. The molecule has 1 unspecified atom stereocenters. The Balaban J connectivity index is 1.00. The Morgan fingerprint density at radius 2 is 1.43 bits per heavy atom. The number of ether oxygens (including phenoxy) is 3. The molecule has 9 N–H and O–H groups in total. The number of carbonyl (C=O) groups excluding carboxylic acids is 4. The zero-order chi connectivity index (χ0) is 53.5. The van der Waals surface area contributed by atoms with Crippen LogP contribution in [-0.4, -0.2) is 135 Å². The van der Waals surface area contributed by atoms with E-state index in [9.17, 15) is 42.3 Å². The molecule has 0 aliphatic rings. The molecule has 4 amide bonds. The summed E-state index contributed by atoms with van der Waals surface area (Å²) in [5.41, 5.74) is 9.32. The Morgan fingerprint density at radius 1 is 0.797 bits per heavy atom. The molecule has 3 heterocycles. The number of aromatic amines is 1. The average Bonchev–Trinajstić information content (AvgIpc) is 3.90. The fourth-order valence-corrected chi connectivity index (χ4v) is 9.28. The number of carbonyl (C=O) groups is 5. The summed E-state index contributed by atoms with van der Waals surface area (Å²) in [6.45, 7) is 8.26. The molecule has 0 spiro atoms. The summed E-state index contributed by atoms with van der Waals surface area (Å²) in [4.78, 5) is 87.8. The minimum absolute atomic E-state index is 0.0264. The zero-order valence-electron chi connectivity index (χ0n) is 41.6. The van der Waals surface area contributed by atoms with Gasteiger partial charge in [-0.1, -0.05) is 23.8 Å². The number of hydrogen-bond donors (Lipinski definition) is 9. The van der Waals surface area contributed by atoms with Gasteiger partial charge < -0.3 is 55.5 Å². The van der Waals surface area contributed by atoms with E-state index in [1.807, 2.05) is 6.92 Å². The van der Waals surface area contributed by atoms with Gasteiger partial charge in [0.2, 0.25) is 27.3 Å². The lowest BCUT2D eigenvalue weighted by Gasteiger charge is -2.19. The first-order chi connectivity index (χ1) is 35.6. The summed E-state index contributed by atoms with van der Waals surface area (Å²) < 4.78 is 47.2. The second kappa shape index (κ2) is 29.3. The molecule has 25 heteroatoms. The van der Waals surface area contributed by atoms with Gasteiger partial charge in [-0.2, -0.15) is 4.72 Å². The Labute approximate surface area is 427 Å². The number of anilines is 1. The number of carboxylic acids is 1. The van der Waals surface area contributed by atoms with Crippen LogP contribution in [0.25, 0.3) is 10.9 Å². The minimum Gasteiger partial charge on any atom is -0.480 e. The molecule has 0 aliphatic carbocycles. The number of fused-ring (bicyclic) bond motifs is 1. The van der Waals surface area contributed by atoms with Gasteiger partial charge in [-0.05, 0) is 81.0 Å². The number of hydrogen-bond acceptors (Lipinski definition) is 16. The van der Waals surface area contributed by atoms with E-state index in [1.165, 1.54) is 18.5 Å². The highest BCUT2D eigenvalue weighted by Crippen LogP contribution is 2.22. The standard InChI is InChI=1S/C49H64N12O12S/c1-32-25-33(2)45(34(3)26-32)74(69,70)60-39(48(67)68)30-57-47(66)38-31-61(40-27-35(7-9-37(40)44(38)64)28-58-49-54-16-17-55-49)18-4-13-51-42(62)11-12-43(63)52-14-5-19-71-21-23-73-24-22-72-20-6-15-53-46(65)36-8-10-41(59-50)56-29-36/h7-10,16-17,25-27,29,31,39,50,60H,4-6,11-15,18-24,28,30H2,1-3H3,(H,51,62)(H,52,63)(H,53,65)(H,57,66)(H,67,68)(H2,54,55,58). The second-order valence-electron chi connectivity index (χ2n) is 17.0. The number of amides is 4. The van der Waals surface area contributed by atoms with E-state index in [0.717, 1.165) is 11.1 Å². The lowest BCUT2D eigenvalue weighted by Crippen LogP contribution is -2.49. The maximum Gasteiger partial charge on any atom is 0.323 e. The van der Waals surface area contributed by atoms with Crippen molar-refractivity contribution in [1.82, 2.24) is 45.5 Å². The van der Waals surface area contributed by atoms with Crippen LogP contribution in [0.3, 0.4) is 0 Å². The van der Waals surface area contributed by atoms with E-state index in [1.54, 1.807) is 67.2 Å². The molecule has 0 saturated carbocycles. The normalized spacial score (nSPS) is 11.7. The number of rotatable bonds is 33. The molecule has 24 nitrogen and oxygen atoms in total. The summed E-state index contributed by atoms with van der Waals surface area (Å²) in [6, 6.07) is 9.69. The fourth-order valence-electron chi connectivity index (χ4n) is 7.64. The van der Waals surface area contributed by atoms with Crippen molar-refractivity contribution in [1.29, 1.82) is 5.53 Å². The van der Waals surface area contributed by atoms with Crippen molar-refractivity contribution in [3.8, 4) is 0 Å². The van der Waals surface area contributed by atoms with E-state index in [2.05, 4.69) is 51.4 Å². The molecule has 5 aromatic rings. The number of aryl methyl sites for hydroxylation is 4. The molecule has 74 heavy (non-hydrogen) atoms. The summed E-state index contributed by atoms with van der Waals surface area (Å²) in [5, 5.41) is 27.3. The summed E-state index contributed by atoms with van der Waals surface area (Å²) in [7, 11) is -4.34. The largest absolute Gasteiger partial charge is 0.480 e. The smallest absolute Gasteiger partial charge is 0.323 e. The third-order valence-corrected chi connectivity index (χ3v) is 12.9. The number of imidazole rings is 1. The number of aliphatic carboxylic acids is 1. The van der Waals surface area contributed by atoms with E-state index < -0.39 is 39.9 Å². The van der Waals surface area contributed by atoms with Crippen molar-refractivity contribution < 1.29 is 51.7 Å². The number of carboxylic acid groups (broad SMARTS) is 1. The van der Waals surface area contributed by atoms with E-state index >= 15 is 0 Å². The molecule has 0 radical (unpaired) electrons. The molecule has 5 rings (SSSR count). The van der Waals surface area contributed by atoms with Gasteiger partial charge in [-0.15, -0.1) is 5.11 Å². The van der Waals surface area contributed by atoms with Crippen LogP contribution in [0.2, 0.25) is 0 Å². The quantitative estimate of drug-likeness (QED) is 0.0215. The number of nitrogens with zero attached hydrogens (tertiary/aromatic N) is 4. The van der Waals surface area contributed by atoms with Crippen LogP contribution in [0, 0.1) is 26.3 Å². The van der Waals surface area contributed by atoms with Crippen molar-refractivity contribution in [2.45, 2.75) is 76.9 Å². The first kappa shape index (κ1) is 57.5. The molecular formula is C49H64N12O12S. The van der Waals surface area contributed by atoms with Crippen molar-refractivity contribution >= 4 is 62.3 Å². The number of pyridine rings is 2. The highest BCUT2D eigenvalue weighted by atomic mass is 32.2. The van der Waals surface area contributed by atoms with Gasteiger partial charge in [0, 0.05) is 95.5 Å². The SMILES string of the molecule is Cc1cc(C)c(S(=O)(=O)NC(CNC(=O)c2cn(CCCNC(=O)CCC(=O)NCCCOCCOCCOCCCNC(=O)c3ccc(N=N)nc3)c3cc(CNc4ncc[nH]4)ccc3c2=O)C(=O)O)c(C)c1. The third kappa shape index (κ3) is 18.2. The van der Waals surface area contributed by atoms with Gasteiger partial charge in [0.05, 0.1) is 42.4 Å². The Hall–Kier alpha value is -7.45. The predicted octanol–water partition coefficient (Wildman–Crippen LogP) is 3.14. The maximum atomic E-state index is 13.8. The average molecular weight is 1050 g/mol. The Morgan fingerprint density at radius 3 is 2.03 bits per heavy atom. The van der Waals surface area contributed by atoms with Gasteiger partial charge in [0.1, 0.15) is 11.6 Å². The molecule has 0 bridgehead atoms.